The lowest BCUT2D eigenvalue weighted by Gasteiger charge is -2.12. The Morgan fingerprint density at radius 2 is 1.74 bits per heavy atom. The smallest absolute Gasteiger partial charge is 0.284 e. The first-order valence-corrected chi connectivity index (χ1v) is 14.2. The number of nitrogens with zero attached hydrogens (tertiary/aromatic N) is 2. The van der Waals surface area contributed by atoms with Crippen molar-refractivity contribution in [3.05, 3.63) is 107 Å². The van der Waals surface area contributed by atoms with Crippen LogP contribution in [0.4, 0.5) is 0 Å². The van der Waals surface area contributed by atoms with Crippen molar-refractivity contribution in [2.24, 2.45) is 4.40 Å². The van der Waals surface area contributed by atoms with Crippen LogP contribution in [0.3, 0.4) is 0 Å². The Hall–Kier alpha value is -3.82. The Morgan fingerprint density at radius 3 is 2.39 bits per heavy atom. The fourth-order valence-corrected chi connectivity index (χ4v) is 5.89. The van der Waals surface area contributed by atoms with Gasteiger partial charge in [-0.25, -0.2) is 0 Å². The molecule has 3 aromatic carbocycles. The third-order valence-corrected chi connectivity index (χ3v) is 8.15. The van der Waals surface area contributed by atoms with Gasteiger partial charge < -0.3 is 9.47 Å². The van der Waals surface area contributed by atoms with Gasteiger partial charge in [0.2, 0.25) is 0 Å². The van der Waals surface area contributed by atoms with Gasteiger partial charge in [-0.2, -0.15) is 8.42 Å². The topological polar surface area (TPSA) is 85.3 Å². The zero-order valence-electron chi connectivity index (χ0n) is 21.2. The van der Waals surface area contributed by atoms with E-state index in [1.165, 1.54) is 23.1 Å². The van der Waals surface area contributed by atoms with Crippen LogP contribution in [0, 0.1) is 0 Å². The van der Waals surface area contributed by atoms with E-state index < -0.39 is 10.0 Å². The van der Waals surface area contributed by atoms with Crippen molar-refractivity contribution in [2.75, 3.05) is 13.7 Å². The number of thioether (sulfide) groups is 1. The summed E-state index contributed by atoms with van der Waals surface area (Å²) in [6, 6.07) is 21.7. The van der Waals surface area contributed by atoms with Crippen LogP contribution in [-0.2, 0) is 27.8 Å². The van der Waals surface area contributed by atoms with Gasteiger partial charge in [-0.1, -0.05) is 61.5 Å². The van der Waals surface area contributed by atoms with Crippen molar-refractivity contribution in [2.45, 2.75) is 24.8 Å². The average molecular weight is 549 g/mol. The molecule has 3 aromatic rings. The highest BCUT2D eigenvalue weighted by molar-refractivity contribution is 8.19. The molecular weight excluding hydrogens is 520 g/mol. The van der Waals surface area contributed by atoms with E-state index in [2.05, 4.69) is 11.0 Å². The van der Waals surface area contributed by atoms with Gasteiger partial charge in [-0.15, -0.1) is 11.0 Å². The van der Waals surface area contributed by atoms with E-state index in [1.807, 2.05) is 37.3 Å². The number of ether oxygens (including phenoxy) is 2. The number of rotatable bonds is 10. The first-order chi connectivity index (χ1) is 18.3. The number of amides is 1. The van der Waals surface area contributed by atoms with E-state index in [4.69, 9.17) is 9.47 Å². The zero-order valence-corrected chi connectivity index (χ0v) is 22.8. The number of benzene rings is 3. The second kappa shape index (κ2) is 12.1. The van der Waals surface area contributed by atoms with Crippen LogP contribution in [-0.4, -0.2) is 38.0 Å². The molecule has 0 saturated carbocycles. The summed E-state index contributed by atoms with van der Waals surface area (Å²) in [5, 5.41) is 0.0785. The second-order valence-electron chi connectivity index (χ2n) is 8.35. The maximum atomic E-state index is 13.2. The predicted octanol–water partition coefficient (Wildman–Crippen LogP) is 5.68. The number of sulfonamides is 1. The van der Waals surface area contributed by atoms with Gasteiger partial charge in [-0.3, -0.25) is 9.69 Å². The number of carbonyl (C=O) groups excluding carboxylic acids is 1. The Morgan fingerprint density at radius 1 is 1.00 bits per heavy atom. The largest absolute Gasteiger partial charge is 0.493 e. The molecule has 0 radical (unpaired) electrons. The monoisotopic (exact) mass is 548 g/mol. The van der Waals surface area contributed by atoms with E-state index in [0.29, 0.717) is 28.6 Å². The first kappa shape index (κ1) is 27.2. The van der Waals surface area contributed by atoms with Gasteiger partial charge in [0.05, 0.1) is 16.9 Å². The minimum absolute atomic E-state index is 0.0709. The molecule has 1 saturated heterocycles. The lowest BCUT2D eigenvalue weighted by Crippen LogP contribution is -2.29. The molecule has 196 valence electrons. The molecule has 0 N–H and O–H groups in total. The highest BCUT2D eigenvalue weighted by Gasteiger charge is 2.34. The molecular formula is C29H28N2O5S2. The van der Waals surface area contributed by atoms with Gasteiger partial charge >= 0.3 is 0 Å². The number of aryl methyl sites for hydroxylation is 1. The van der Waals surface area contributed by atoms with Gasteiger partial charge in [0.1, 0.15) is 6.61 Å². The summed E-state index contributed by atoms with van der Waals surface area (Å²) in [6.07, 6.45) is 4.01. The fourth-order valence-electron chi connectivity index (χ4n) is 3.70. The third kappa shape index (κ3) is 6.35. The van der Waals surface area contributed by atoms with Crippen molar-refractivity contribution in [3.63, 3.8) is 0 Å². The average Bonchev–Trinajstić information content (AvgIpc) is 3.21. The summed E-state index contributed by atoms with van der Waals surface area (Å²) in [5.74, 6) is 0.730. The molecule has 1 fully saturated rings. The van der Waals surface area contributed by atoms with Gasteiger partial charge in [0.25, 0.3) is 15.9 Å². The summed E-state index contributed by atoms with van der Waals surface area (Å²) in [7, 11) is -2.45. The minimum atomic E-state index is -4.01. The summed E-state index contributed by atoms with van der Waals surface area (Å²) < 4.78 is 41.4. The summed E-state index contributed by atoms with van der Waals surface area (Å²) in [6.45, 7) is 6.17. The summed E-state index contributed by atoms with van der Waals surface area (Å²) >= 11 is 1.01. The molecule has 0 aliphatic carbocycles. The normalized spacial score (nSPS) is 15.7. The molecule has 1 heterocycles. The van der Waals surface area contributed by atoms with Crippen molar-refractivity contribution in [3.8, 4) is 11.5 Å². The van der Waals surface area contributed by atoms with E-state index in [-0.39, 0.29) is 22.5 Å². The van der Waals surface area contributed by atoms with E-state index >= 15 is 0 Å². The molecule has 0 unspecified atom stereocenters. The molecule has 0 aromatic heterocycles. The standard InChI is InChI=1S/C29H28N2O5S2/c1-4-17-31-28(32)27(37-29(31)30-38(33,34)24-14-11-21(5-2)12-15-24)19-23-13-16-25(35-3)26(18-23)36-20-22-9-7-6-8-10-22/h4,6-16,18-19H,1,5,17,20H2,2-3H3/b27-19-,30-29+. The maximum Gasteiger partial charge on any atom is 0.284 e. The van der Waals surface area contributed by atoms with Crippen molar-refractivity contribution >= 4 is 38.9 Å². The lowest BCUT2D eigenvalue weighted by molar-refractivity contribution is -0.121. The van der Waals surface area contributed by atoms with E-state index in [0.717, 1.165) is 29.3 Å². The molecule has 0 spiro atoms. The highest BCUT2D eigenvalue weighted by atomic mass is 32.2. The van der Waals surface area contributed by atoms with Crippen LogP contribution in [0.25, 0.3) is 6.08 Å². The molecule has 7 nitrogen and oxygen atoms in total. The number of amidine groups is 1. The minimum Gasteiger partial charge on any atom is -0.493 e. The Kier molecular flexibility index (Phi) is 8.70. The van der Waals surface area contributed by atoms with Crippen LogP contribution < -0.4 is 9.47 Å². The van der Waals surface area contributed by atoms with Crippen LogP contribution >= 0.6 is 11.8 Å². The van der Waals surface area contributed by atoms with E-state index in [1.54, 1.807) is 43.5 Å². The summed E-state index contributed by atoms with van der Waals surface area (Å²) in [4.78, 5) is 14.9. The number of methoxy groups -OCH3 is 1. The van der Waals surface area contributed by atoms with Crippen molar-refractivity contribution in [1.82, 2.24) is 4.90 Å². The molecule has 0 bridgehead atoms. The maximum absolute atomic E-state index is 13.2. The van der Waals surface area contributed by atoms with Gasteiger partial charge in [0, 0.05) is 6.54 Å². The zero-order chi connectivity index (χ0) is 27.1. The SMILES string of the molecule is C=CCN1C(=O)/C(=C/c2ccc(OC)c(OCc3ccccc3)c2)S/C1=N/S(=O)(=O)c1ccc(CC)cc1. The van der Waals surface area contributed by atoms with Crippen LogP contribution in [0.15, 0.2) is 99.6 Å². The van der Waals surface area contributed by atoms with Crippen LogP contribution in [0.2, 0.25) is 0 Å². The molecule has 1 aliphatic rings. The highest BCUT2D eigenvalue weighted by Crippen LogP contribution is 2.36. The van der Waals surface area contributed by atoms with Crippen molar-refractivity contribution in [1.29, 1.82) is 0 Å². The Labute approximate surface area is 227 Å². The molecule has 0 atom stereocenters. The summed E-state index contributed by atoms with van der Waals surface area (Å²) in [5.41, 5.74) is 2.72. The molecule has 1 amide bonds. The molecule has 4 rings (SSSR count). The Bertz CT molecular complexity index is 1480. The lowest BCUT2D eigenvalue weighted by atomic mass is 10.1. The molecule has 9 heteroatoms. The third-order valence-electron chi connectivity index (χ3n) is 5.75. The first-order valence-electron chi connectivity index (χ1n) is 12.0. The number of hydrogen-bond acceptors (Lipinski definition) is 6. The van der Waals surface area contributed by atoms with Crippen molar-refractivity contribution < 1.29 is 22.7 Å². The molecule has 38 heavy (non-hydrogen) atoms. The van der Waals surface area contributed by atoms with Crippen LogP contribution in [0.1, 0.15) is 23.6 Å². The Balaban J connectivity index is 1.62. The van der Waals surface area contributed by atoms with Gasteiger partial charge in [-0.05, 0) is 65.2 Å². The molecule has 1 aliphatic heterocycles. The van der Waals surface area contributed by atoms with Crippen LogP contribution in [0.5, 0.6) is 11.5 Å². The fraction of sp³-hybridized carbons (Fsp3) is 0.172. The second-order valence-corrected chi connectivity index (χ2v) is 11.0. The quantitative estimate of drug-likeness (QED) is 0.239. The number of carbonyl (C=O) groups is 1. The van der Waals surface area contributed by atoms with Gasteiger partial charge in [0.15, 0.2) is 16.7 Å². The van der Waals surface area contributed by atoms with E-state index in [9.17, 15) is 13.2 Å². The number of hydrogen-bond donors (Lipinski definition) is 0. The predicted molar refractivity (Wildman–Crippen MR) is 152 cm³/mol.